The molecule has 0 aromatic carbocycles. The van der Waals surface area contributed by atoms with Gasteiger partial charge in [-0.1, -0.05) is 0 Å². The first-order valence-corrected chi connectivity index (χ1v) is 0. The van der Waals surface area contributed by atoms with Gasteiger partial charge in [0.2, 0.25) is 0 Å². The fourth-order valence-electron chi connectivity index (χ4n) is 0. The van der Waals surface area contributed by atoms with Crippen LogP contribution in [0, 0.1) is 46.0 Å². The van der Waals surface area contributed by atoms with Gasteiger partial charge in [0.05, 0.1) is 0 Å². The van der Waals surface area contributed by atoms with E-state index >= 15 is 0 Å². The molecule has 0 saturated heterocycles. The summed E-state index contributed by atoms with van der Waals surface area (Å²) in [6.45, 7) is 0. The first-order chi connectivity index (χ1) is 0. The summed E-state index contributed by atoms with van der Waals surface area (Å²) in [5.74, 6) is 0. The van der Waals surface area contributed by atoms with Crippen LogP contribution in [0.5, 0.6) is 0 Å². The fraction of sp³-hybridized carbons (Fsp3) is 0. The average Bonchev–Trinajstić information content (AvgIpc) is 0. The van der Waals surface area contributed by atoms with Gasteiger partial charge in [-0.25, -0.2) is 0 Å². The van der Waals surface area contributed by atoms with Gasteiger partial charge in [-0.2, -0.15) is 0 Å². The van der Waals surface area contributed by atoms with Crippen molar-refractivity contribution >= 4 is 0 Å². The molecule has 24 valence electrons. The smallest absolute Gasteiger partial charge is 0.358 e. The molecule has 0 nitrogen and oxygen atoms in total. The van der Waals surface area contributed by atoms with Crippen LogP contribution in [-0.4, -0.2) is 0 Å². The third kappa shape index (κ3) is 9.27. The minimum atomic E-state index is 0. The van der Waals surface area contributed by atoms with Crippen molar-refractivity contribution in [3.8, 4) is 0 Å². The van der Waals surface area contributed by atoms with Gasteiger partial charge in [0.15, 0.2) is 0 Å². The topological polar surface area (TPSA) is 0 Å². The SMILES string of the molecule is [CH3-].[CH3-].[U+2].[W]. The molecular formula is C2H6UW. The van der Waals surface area contributed by atoms with Crippen molar-refractivity contribution in [2.75, 3.05) is 0 Å². The van der Waals surface area contributed by atoms with Gasteiger partial charge in [-0.15, -0.1) is 0 Å². The van der Waals surface area contributed by atoms with Gasteiger partial charge < -0.3 is 14.9 Å². The van der Waals surface area contributed by atoms with E-state index < -0.39 is 0 Å². The molecule has 0 aromatic rings. The molecule has 0 aliphatic heterocycles. The molecule has 0 fully saturated rings. The van der Waals surface area contributed by atoms with Crippen LogP contribution in [0.25, 0.3) is 0 Å². The van der Waals surface area contributed by atoms with Crippen molar-refractivity contribution in [3.05, 3.63) is 14.9 Å². The Hall–Kier alpha value is 1.74. The zero-order chi connectivity index (χ0) is 0. The summed E-state index contributed by atoms with van der Waals surface area (Å²) in [6, 6.07) is 0. The van der Waals surface area contributed by atoms with E-state index in [2.05, 4.69) is 0 Å². The molecular weight excluding hydrogens is 446 g/mol. The van der Waals surface area contributed by atoms with E-state index in [-0.39, 0.29) is 67.0 Å². The summed E-state index contributed by atoms with van der Waals surface area (Å²) in [6.07, 6.45) is 0. The van der Waals surface area contributed by atoms with E-state index in [0.717, 1.165) is 0 Å². The molecule has 0 bridgehead atoms. The molecule has 0 N–H and O–H groups in total. The maximum Gasteiger partial charge on any atom is 2.00 e. The summed E-state index contributed by atoms with van der Waals surface area (Å²) in [4.78, 5) is 0. The largest absolute Gasteiger partial charge is 2.00 e. The first kappa shape index (κ1) is 42.6. The zero-order valence-corrected chi connectivity index (χ0v) is 10.0. The molecule has 0 unspecified atom stereocenters. The summed E-state index contributed by atoms with van der Waals surface area (Å²) < 4.78 is 0. The van der Waals surface area contributed by atoms with E-state index in [0.29, 0.717) is 0 Å². The van der Waals surface area contributed by atoms with Gasteiger partial charge in [0.25, 0.3) is 0 Å². The minimum Gasteiger partial charge on any atom is -0.358 e. The van der Waals surface area contributed by atoms with Crippen LogP contribution in [-0.2, 0) is 21.1 Å². The molecule has 0 aliphatic carbocycles. The van der Waals surface area contributed by atoms with Crippen LogP contribution in [0.2, 0.25) is 0 Å². The van der Waals surface area contributed by atoms with Crippen molar-refractivity contribution in [2.45, 2.75) is 0 Å². The second-order valence-electron chi connectivity index (χ2n) is 0. The van der Waals surface area contributed by atoms with Gasteiger partial charge in [-0.05, 0) is 0 Å². The first-order valence-electron chi connectivity index (χ1n) is 0. The van der Waals surface area contributed by atoms with Crippen molar-refractivity contribution in [1.82, 2.24) is 0 Å². The van der Waals surface area contributed by atoms with Crippen LogP contribution in [0.4, 0.5) is 0 Å². The quantitative estimate of drug-likeness (QED) is 0.480. The standard InChI is InChI=1S/2CH3.U.W/h2*1H3;;/q2*-1;+2;. The van der Waals surface area contributed by atoms with Gasteiger partial charge in [0, 0.05) is 21.1 Å². The summed E-state index contributed by atoms with van der Waals surface area (Å²) in [5.41, 5.74) is 0. The molecule has 0 aliphatic rings. The van der Waals surface area contributed by atoms with Crippen LogP contribution in [0.15, 0.2) is 0 Å². The van der Waals surface area contributed by atoms with Crippen LogP contribution < -0.4 is 0 Å². The molecule has 4 heavy (non-hydrogen) atoms. The van der Waals surface area contributed by atoms with Crippen LogP contribution in [0.3, 0.4) is 0 Å². The van der Waals surface area contributed by atoms with Gasteiger partial charge in [0.1, 0.15) is 0 Å². The predicted octanol–water partition coefficient (Wildman–Crippen LogP) is 0.898. The zero-order valence-electron chi connectivity index (χ0n) is 2.91. The maximum atomic E-state index is 0. The third-order valence-electron chi connectivity index (χ3n) is 0. The Kier molecular flexibility index (Phi) is 233. The van der Waals surface area contributed by atoms with E-state index in [1.165, 1.54) is 0 Å². The van der Waals surface area contributed by atoms with E-state index in [4.69, 9.17) is 0 Å². The second kappa shape index (κ2) is 21.9. The van der Waals surface area contributed by atoms with E-state index in [9.17, 15) is 0 Å². The van der Waals surface area contributed by atoms with Crippen LogP contribution >= 0.6 is 0 Å². The number of hydrogen-bond donors (Lipinski definition) is 0. The number of rotatable bonds is 0. The fourth-order valence-corrected chi connectivity index (χ4v) is 0. The molecule has 0 atom stereocenters. The Morgan fingerprint density at radius 3 is 0.750 bits per heavy atom. The second-order valence-corrected chi connectivity index (χ2v) is 0. The predicted molar refractivity (Wildman–Crippen MR) is 12.8 cm³/mol. The molecule has 0 spiro atoms. The van der Waals surface area contributed by atoms with Gasteiger partial charge >= 0.3 is 31.1 Å². The Morgan fingerprint density at radius 2 is 0.750 bits per heavy atom. The molecule has 0 saturated carbocycles. The van der Waals surface area contributed by atoms with E-state index in [1.807, 2.05) is 0 Å². The monoisotopic (exact) mass is 452 g/mol. The van der Waals surface area contributed by atoms with Crippen molar-refractivity contribution < 1.29 is 52.2 Å². The average molecular weight is 452 g/mol. The summed E-state index contributed by atoms with van der Waals surface area (Å²) in [5, 5.41) is 0. The van der Waals surface area contributed by atoms with Gasteiger partial charge in [-0.3, -0.25) is 0 Å². The summed E-state index contributed by atoms with van der Waals surface area (Å²) >= 11 is 0. The van der Waals surface area contributed by atoms with Crippen molar-refractivity contribution in [2.24, 2.45) is 0 Å². The molecule has 2 heteroatoms. The summed E-state index contributed by atoms with van der Waals surface area (Å²) in [7, 11) is 0. The Labute approximate surface area is 66.4 Å². The van der Waals surface area contributed by atoms with Crippen molar-refractivity contribution in [3.63, 3.8) is 0 Å². The molecule has 0 rings (SSSR count). The molecule has 0 heterocycles. The molecule has 0 radical (unpaired) electrons. The molecule has 0 aromatic heterocycles. The minimum absolute atomic E-state index is 0. The Morgan fingerprint density at radius 1 is 0.750 bits per heavy atom. The third-order valence-corrected chi connectivity index (χ3v) is 0. The Balaban J connectivity index is 0. The Bertz CT molecular complexity index is 6.00. The maximum absolute atomic E-state index is 0. The molecule has 0 amide bonds. The normalized spacial score (nSPS) is 0. The van der Waals surface area contributed by atoms with E-state index in [1.54, 1.807) is 0 Å². The van der Waals surface area contributed by atoms with Crippen LogP contribution in [0.1, 0.15) is 0 Å². The number of hydrogen-bond acceptors (Lipinski definition) is 0. The van der Waals surface area contributed by atoms with Crippen molar-refractivity contribution in [1.29, 1.82) is 0 Å².